The average Bonchev–Trinajstić information content (AvgIpc) is 2.27. The van der Waals surface area contributed by atoms with Gasteiger partial charge in [0.25, 0.3) is 12.3 Å². The normalized spacial score (nSPS) is 10.3. The number of halogens is 2. The quantitative estimate of drug-likeness (QED) is 0.855. The molecule has 1 amide bonds. The smallest absolute Gasteiger partial charge is 0.255 e. The molecule has 0 atom stereocenters. The predicted octanol–water partition coefficient (Wildman–Crippen LogP) is 2.07. The SMILES string of the molecule is CNc1ccccc1C(=O)N(C)CC(F)F. The fourth-order valence-electron chi connectivity index (χ4n) is 1.38. The van der Waals surface area contributed by atoms with Gasteiger partial charge >= 0.3 is 0 Å². The minimum Gasteiger partial charge on any atom is -0.387 e. The van der Waals surface area contributed by atoms with E-state index in [9.17, 15) is 13.6 Å². The highest BCUT2D eigenvalue weighted by Crippen LogP contribution is 2.16. The van der Waals surface area contributed by atoms with E-state index in [4.69, 9.17) is 0 Å². The number of benzene rings is 1. The van der Waals surface area contributed by atoms with Gasteiger partial charge in [0, 0.05) is 19.8 Å². The Morgan fingerprint density at radius 3 is 2.62 bits per heavy atom. The van der Waals surface area contributed by atoms with Crippen molar-refractivity contribution in [2.24, 2.45) is 0 Å². The molecule has 5 heteroatoms. The van der Waals surface area contributed by atoms with E-state index in [1.54, 1.807) is 31.3 Å². The zero-order chi connectivity index (χ0) is 12.1. The first kappa shape index (κ1) is 12.4. The van der Waals surface area contributed by atoms with Crippen molar-refractivity contribution in [3.8, 4) is 0 Å². The topological polar surface area (TPSA) is 32.3 Å². The molecule has 0 spiro atoms. The van der Waals surface area contributed by atoms with Gasteiger partial charge in [0.2, 0.25) is 0 Å². The highest BCUT2D eigenvalue weighted by atomic mass is 19.3. The summed E-state index contributed by atoms with van der Waals surface area (Å²) in [7, 11) is 3.04. The number of amides is 1. The third kappa shape index (κ3) is 2.92. The molecule has 0 aromatic heterocycles. The van der Waals surface area contributed by atoms with E-state index in [1.807, 2.05) is 0 Å². The third-order valence-corrected chi connectivity index (χ3v) is 2.19. The summed E-state index contributed by atoms with van der Waals surface area (Å²) in [6.07, 6.45) is -2.52. The van der Waals surface area contributed by atoms with Crippen molar-refractivity contribution in [3.05, 3.63) is 29.8 Å². The van der Waals surface area contributed by atoms with Crippen LogP contribution >= 0.6 is 0 Å². The van der Waals surface area contributed by atoms with E-state index in [1.165, 1.54) is 7.05 Å². The molecule has 1 N–H and O–H groups in total. The van der Waals surface area contributed by atoms with Gasteiger partial charge in [-0.15, -0.1) is 0 Å². The molecule has 0 bridgehead atoms. The number of anilines is 1. The summed E-state index contributed by atoms with van der Waals surface area (Å²) in [6.45, 7) is -0.559. The van der Waals surface area contributed by atoms with Gasteiger partial charge in [0.05, 0.1) is 12.1 Å². The van der Waals surface area contributed by atoms with Crippen LogP contribution in [0.25, 0.3) is 0 Å². The van der Waals surface area contributed by atoms with E-state index in [0.29, 0.717) is 11.3 Å². The molecule has 0 unspecified atom stereocenters. The lowest BCUT2D eigenvalue weighted by molar-refractivity contribution is 0.0621. The zero-order valence-corrected chi connectivity index (χ0v) is 9.21. The van der Waals surface area contributed by atoms with Crippen molar-refractivity contribution >= 4 is 11.6 Å². The van der Waals surface area contributed by atoms with E-state index in [-0.39, 0.29) is 0 Å². The maximum absolute atomic E-state index is 12.1. The molecular formula is C11H14F2N2O. The number of carbonyl (C=O) groups is 1. The lowest BCUT2D eigenvalue weighted by Crippen LogP contribution is -2.31. The molecule has 0 saturated heterocycles. The lowest BCUT2D eigenvalue weighted by Gasteiger charge is -2.18. The van der Waals surface area contributed by atoms with Gasteiger partial charge in [-0.05, 0) is 12.1 Å². The lowest BCUT2D eigenvalue weighted by atomic mass is 10.1. The van der Waals surface area contributed by atoms with Gasteiger partial charge in [-0.25, -0.2) is 8.78 Å². The summed E-state index contributed by atoms with van der Waals surface area (Å²) in [5.41, 5.74) is 1.03. The third-order valence-electron chi connectivity index (χ3n) is 2.19. The Hall–Kier alpha value is -1.65. The molecule has 0 heterocycles. The molecule has 0 radical (unpaired) electrons. The molecule has 16 heavy (non-hydrogen) atoms. The van der Waals surface area contributed by atoms with Crippen molar-refractivity contribution < 1.29 is 13.6 Å². The molecule has 0 aliphatic carbocycles. The minimum absolute atomic E-state index is 0.396. The zero-order valence-electron chi connectivity index (χ0n) is 9.21. The molecular weight excluding hydrogens is 214 g/mol. The highest BCUT2D eigenvalue weighted by Gasteiger charge is 2.17. The maximum atomic E-state index is 12.1. The summed E-state index contributed by atoms with van der Waals surface area (Å²) >= 11 is 0. The van der Waals surface area contributed by atoms with Crippen molar-refractivity contribution in [2.45, 2.75) is 6.43 Å². The van der Waals surface area contributed by atoms with E-state index in [0.717, 1.165) is 4.90 Å². The Labute approximate surface area is 93.1 Å². The maximum Gasteiger partial charge on any atom is 0.255 e. The van der Waals surface area contributed by atoms with Crippen LogP contribution in [0.15, 0.2) is 24.3 Å². The van der Waals surface area contributed by atoms with Crippen LogP contribution in [0.3, 0.4) is 0 Å². The van der Waals surface area contributed by atoms with Gasteiger partial charge in [0.15, 0.2) is 0 Å². The summed E-state index contributed by atoms with van der Waals surface area (Å²) in [5.74, 6) is -0.412. The predicted molar refractivity (Wildman–Crippen MR) is 59.0 cm³/mol. The van der Waals surface area contributed by atoms with Crippen molar-refractivity contribution in [3.63, 3.8) is 0 Å². The molecule has 3 nitrogen and oxygen atoms in total. The fourth-order valence-corrected chi connectivity index (χ4v) is 1.38. The molecule has 0 aliphatic rings. The summed E-state index contributed by atoms with van der Waals surface area (Å²) < 4.78 is 24.3. The monoisotopic (exact) mass is 228 g/mol. The Bertz CT molecular complexity index is 369. The number of carbonyl (C=O) groups excluding carboxylic acids is 1. The fraction of sp³-hybridized carbons (Fsp3) is 0.364. The number of alkyl halides is 2. The number of rotatable bonds is 4. The van der Waals surface area contributed by atoms with Gasteiger partial charge in [0.1, 0.15) is 0 Å². The number of hydrogen-bond donors (Lipinski definition) is 1. The minimum atomic E-state index is -2.52. The van der Waals surface area contributed by atoms with Gasteiger partial charge in [-0.1, -0.05) is 12.1 Å². The van der Waals surface area contributed by atoms with Gasteiger partial charge in [-0.3, -0.25) is 4.79 Å². The molecule has 0 fully saturated rings. The average molecular weight is 228 g/mol. The number of hydrogen-bond acceptors (Lipinski definition) is 2. The summed E-state index contributed by atoms with van der Waals surface area (Å²) in [4.78, 5) is 12.8. The van der Waals surface area contributed by atoms with E-state index in [2.05, 4.69) is 5.32 Å². The van der Waals surface area contributed by atoms with Crippen molar-refractivity contribution in [1.82, 2.24) is 4.90 Å². The summed E-state index contributed by atoms with van der Waals surface area (Å²) in [6, 6.07) is 6.81. The second-order valence-corrected chi connectivity index (χ2v) is 3.37. The first-order chi connectivity index (χ1) is 7.56. The van der Waals surface area contributed by atoms with Crippen LogP contribution in [-0.4, -0.2) is 37.9 Å². The highest BCUT2D eigenvalue weighted by molar-refractivity contribution is 5.99. The van der Waals surface area contributed by atoms with Crippen LogP contribution in [0.2, 0.25) is 0 Å². The molecule has 1 aromatic rings. The van der Waals surface area contributed by atoms with E-state index < -0.39 is 18.9 Å². The molecule has 88 valence electrons. The number of nitrogens with zero attached hydrogens (tertiary/aromatic N) is 1. The second kappa shape index (κ2) is 5.44. The first-order valence-corrected chi connectivity index (χ1v) is 4.86. The van der Waals surface area contributed by atoms with Gasteiger partial charge in [-0.2, -0.15) is 0 Å². The number of para-hydroxylation sites is 1. The van der Waals surface area contributed by atoms with E-state index >= 15 is 0 Å². The Kier molecular flexibility index (Phi) is 4.22. The van der Waals surface area contributed by atoms with Crippen LogP contribution in [0.1, 0.15) is 10.4 Å². The van der Waals surface area contributed by atoms with Crippen LogP contribution < -0.4 is 5.32 Å². The first-order valence-electron chi connectivity index (χ1n) is 4.86. The standard InChI is InChI=1S/C11H14F2N2O/c1-14-9-6-4-3-5-8(9)11(16)15(2)7-10(12)13/h3-6,10,14H,7H2,1-2H3. The van der Waals surface area contributed by atoms with Crippen LogP contribution in [-0.2, 0) is 0 Å². The molecule has 0 aliphatic heterocycles. The molecule has 1 rings (SSSR count). The van der Waals surface area contributed by atoms with Crippen LogP contribution in [0.5, 0.6) is 0 Å². The molecule has 1 aromatic carbocycles. The van der Waals surface area contributed by atoms with Gasteiger partial charge < -0.3 is 10.2 Å². The Morgan fingerprint density at radius 1 is 1.44 bits per heavy atom. The molecule has 0 saturated carbocycles. The van der Waals surface area contributed by atoms with Crippen molar-refractivity contribution in [2.75, 3.05) is 26.0 Å². The number of nitrogens with one attached hydrogen (secondary N) is 1. The largest absolute Gasteiger partial charge is 0.387 e. The summed E-state index contributed by atoms with van der Waals surface area (Å²) in [5, 5.41) is 2.85. The van der Waals surface area contributed by atoms with Crippen LogP contribution in [0.4, 0.5) is 14.5 Å². The Balaban J connectivity index is 2.87. The van der Waals surface area contributed by atoms with Crippen LogP contribution in [0, 0.1) is 0 Å². The van der Waals surface area contributed by atoms with Crippen molar-refractivity contribution in [1.29, 1.82) is 0 Å². The second-order valence-electron chi connectivity index (χ2n) is 3.37. The Morgan fingerprint density at radius 2 is 2.06 bits per heavy atom.